The average molecular weight is 413 g/mol. The number of carbonyl (C=O) groups is 2. The fraction of sp³-hybridized carbons (Fsp3) is 0.417. The Morgan fingerprint density at radius 3 is 2.48 bits per heavy atom. The first kappa shape index (κ1) is 23.0. The van der Waals surface area contributed by atoms with Gasteiger partial charge in [-0.2, -0.15) is 0 Å². The number of amides is 2. The van der Waals surface area contributed by atoms with Crippen LogP contribution >= 0.6 is 11.8 Å². The highest BCUT2D eigenvalue weighted by atomic mass is 32.2. The van der Waals surface area contributed by atoms with Crippen LogP contribution in [0.1, 0.15) is 43.4 Å². The summed E-state index contributed by atoms with van der Waals surface area (Å²) >= 11 is 1.58. The number of carbonyl (C=O) groups excluding carboxylic acids is 2. The molecular weight excluding hydrogens is 380 g/mol. The molecule has 0 spiro atoms. The molecule has 0 fully saturated rings. The Bertz CT molecular complexity index is 779. The van der Waals surface area contributed by atoms with Crippen molar-refractivity contribution in [3.63, 3.8) is 0 Å². The van der Waals surface area contributed by atoms with Crippen LogP contribution < -0.4 is 5.32 Å². The molecule has 0 bridgehead atoms. The number of rotatable bonds is 11. The second kappa shape index (κ2) is 12.3. The fourth-order valence-electron chi connectivity index (χ4n) is 3.04. The van der Waals surface area contributed by atoms with Gasteiger partial charge in [0.15, 0.2) is 0 Å². The van der Waals surface area contributed by atoms with Crippen molar-refractivity contribution in [2.45, 2.75) is 52.0 Å². The number of aryl methyl sites for hydroxylation is 1. The van der Waals surface area contributed by atoms with Gasteiger partial charge in [-0.1, -0.05) is 73.5 Å². The summed E-state index contributed by atoms with van der Waals surface area (Å²) in [6, 6.07) is 17.7. The van der Waals surface area contributed by atoms with Crippen molar-refractivity contribution in [1.82, 2.24) is 10.2 Å². The maximum Gasteiger partial charge on any atom is 0.242 e. The summed E-state index contributed by atoms with van der Waals surface area (Å²) in [4.78, 5) is 27.3. The van der Waals surface area contributed by atoms with Crippen LogP contribution in [0, 0.1) is 6.92 Å². The van der Waals surface area contributed by atoms with Gasteiger partial charge in [-0.15, -0.1) is 11.8 Å². The molecule has 0 heterocycles. The van der Waals surface area contributed by atoms with Crippen molar-refractivity contribution < 1.29 is 9.59 Å². The van der Waals surface area contributed by atoms with Gasteiger partial charge in [0, 0.05) is 18.8 Å². The molecule has 2 amide bonds. The number of unbranched alkanes of at least 4 members (excludes halogenated alkanes) is 1. The van der Waals surface area contributed by atoms with E-state index in [1.807, 2.05) is 50.2 Å². The molecule has 2 aromatic carbocycles. The molecule has 29 heavy (non-hydrogen) atoms. The number of thioether (sulfide) groups is 1. The molecular formula is C24H32N2O2S. The summed E-state index contributed by atoms with van der Waals surface area (Å²) < 4.78 is 0. The third-order valence-electron chi connectivity index (χ3n) is 4.77. The van der Waals surface area contributed by atoms with E-state index in [0.717, 1.165) is 29.7 Å². The van der Waals surface area contributed by atoms with E-state index in [0.29, 0.717) is 18.8 Å². The molecule has 0 radical (unpaired) electrons. The average Bonchev–Trinajstić information content (AvgIpc) is 2.72. The van der Waals surface area contributed by atoms with Crippen LogP contribution in [0.5, 0.6) is 0 Å². The van der Waals surface area contributed by atoms with Crippen molar-refractivity contribution in [1.29, 1.82) is 0 Å². The molecule has 2 aromatic rings. The molecule has 0 saturated carbocycles. The van der Waals surface area contributed by atoms with Gasteiger partial charge in [-0.25, -0.2) is 0 Å². The normalized spacial score (nSPS) is 11.7. The Kier molecular flexibility index (Phi) is 9.78. The summed E-state index contributed by atoms with van der Waals surface area (Å²) in [5.74, 6) is 1.04. The lowest BCUT2D eigenvalue weighted by molar-refractivity contribution is -0.138. The molecule has 0 aromatic heterocycles. The molecule has 0 unspecified atom stereocenters. The van der Waals surface area contributed by atoms with Crippen molar-refractivity contribution in [3.05, 3.63) is 71.3 Å². The highest BCUT2D eigenvalue weighted by Crippen LogP contribution is 2.16. The SMILES string of the molecule is CCCCNC(=O)[C@H](C)N(Cc1cccc(C)c1)C(=O)CSCc1ccccc1. The summed E-state index contributed by atoms with van der Waals surface area (Å²) in [6.45, 7) is 7.03. The molecule has 2 rings (SSSR count). The van der Waals surface area contributed by atoms with E-state index >= 15 is 0 Å². The molecule has 0 saturated heterocycles. The number of benzene rings is 2. The fourth-order valence-corrected chi connectivity index (χ4v) is 3.91. The first-order valence-electron chi connectivity index (χ1n) is 10.3. The van der Waals surface area contributed by atoms with Crippen molar-refractivity contribution in [3.8, 4) is 0 Å². The molecule has 0 aliphatic carbocycles. The zero-order chi connectivity index (χ0) is 21.1. The molecule has 1 N–H and O–H groups in total. The largest absolute Gasteiger partial charge is 0.354 e. The van der Waals surface area contributed by atoms with Crippen molar-refractivity contribution in [2.24, 2.45) is 0 Å². The minimum absolute atomic E-state index is 0.00872. The third-order valence-corrected chi connectivity index (χ3v) is 5.76. The van der Waals surface area contributed by atoms with E-state index in [1.54, 1.807) is 16.7 Å². The number of nitrogens with one attached hydrogen (secondary N) is 1. The maximum absolute atomic E-state index is 13.0. The monoisotopic (exact) mass is 412 g/mol. The second-order valence-corrected chi connectivity index (χ2v) is 8.30. The van der Waals surface area contributed by atoms with Gasteiger partial charge in [0.2, 0.25) is 11.8 Å². The van der Waals surface area contributed by atoms with Gasteiger partial charge in [-0.3, -0.25) is 9.59 Å². The van der Waals surface area contributed by atoms with E-state index in [9.17, 15) is 9.59 Å². The first-order valence-corrected chi connectivity index (χ1v) is 11.4. The Balaban J connectivity index is 2.03. The van der Waals surface area contributed by atoms with Gasteiger partial charge >= 0.3 is 0 Å². The Morgan fingerprint density at radius 1 is 1.07 bits per heavy atom. The summed E-state index contributed by atoms with van der Waals surface area (Å²) in [5, 5.41) is 2.96. The van der Waals surface area contributed by atoms with Gasteiger partial charge < -0.3 is 10.2 Å². The minimum atomic E-state index is -0.503. The van der Waals surface area contributed by atoms with Gasteiger partial charge in [0.25, 0.3) is 0 Å². The Morgan fingerprint density at radius 2 is 1.79 bits per heavy atom. The highest BCUT2D eigenvalue weighted by molar-refractivity contribution is 7.99. The highest BCUT2D eigenvalue weighted by Gasteiger charge is 2.25. The van der Waals surface area contributed by atoms with Crippen LogP contribution in [-0.2, 0) is 21.9 Å². The zero-order valence-corrected chi connectivity index (χ0v) is 18.5. The van der Waals surface area contributed by atoms with Crippen LogP contribution in [0.4, 0.5) is 0 Å². The van der Waals surface area contributed by atoms with E-state index in [4.69, 9.17) is 0 Å². The first-order chi connectivity index (χ1) is 14.0. The van der Waals surface area contributed by atoms with E-state index < -0.39 is 6.04 Å². The van der Waals surface area contributed by atoms with Gasteiger partial charge in [0.1, 0.15) is 6.04 Å². The number of nitrogens with zero attached hydrogens (tertiary/aromatic N) is 1. The van der Waals surface area contributed by atoms with Crippen LogP contribution in [0.25, 0.3) is 0 Å². The molecule has 156 valence electrons. The smallest absolute Gasteiger partial charge is 0.242 e. The summed E-state index contributed by atoms with van der Waals surface area (Å²) in [6.07, 6.45) is 1.97. The molecule has 5 heteroatoms. The van der Waals surface area contributed by atoms with Gasteiger partial charge in [0.05, 0.1) is 5.75 Å². The van der Waals surface area contributed by atoms with Crippen LogP contribution in [-0.4, -0.2) is 35.1 Å². The Hall–Kier alpha value is -2.27. The lowest BCUT2D eigenvalue weighted by atomic mass is 10.1. The lowest BCUT2D eigenvalue weighted by Gasteiger charge is -2.29. The summed E-state index contributed by atoms with van der Waals surface area (Å²) in [5.41, 5.74) is 3.38. The quantitative estimate of drug-likeness (QED) is 0.550. The molecule has 0 aliphatic heterocycles. The second-order valence-electron chi connectivity index (χ2n) is 7.31. The van der Waals surface area contributed by atoms with Crippen molar-refractivity contribution in [2.75, 3.05) is 12.3 Å². The van der Waals surface area contributed by atoms with Crippen LogP contribution in [0.3, 0.4) is 0 Å². The molecule has 4 nitrogen and oxygen atoms in total. The predicted molar refractivity (Wildman–Crippen MR) is 122 cm³/mol. The van der Waals surface area contributed by atoms with Gasteiger partial charge in [-0.05, 0) is 31.4 Å². The lowest BCUT2D eigenvalue weighted by Crippen LogP contribution is -2.48. The molecule has 0 aliphatic rings. The van der Waals surface area contributed by atoms with Crippen LogP contribution in [0.2, 0.25) is 0 Å². The number of hydrogen-bond acceptors (Lipinski definition) is 3. The Labute approximate surface area is 179 Å². The zero-order valence-electron chi connectivity index (χ0n) is 17.7. The van der Waals surface area contributed by atoms with Crippen LogP contribution in [0.15, 0.2) is 54.6 Å². The maximum atomic E-state index is 13.0. The molecule has 1 atom stereocenters. The third kappa shape index (κ3) is 7.94. The standard InChI is InChI=1S/C24H32N2O2S/c1-4-5-14-25-24(28)20(3)26(16-22-13-9-10-19(2)15-22)23(27)18-29-17-21-11-7-6-8-12-21/h6-13,15,20H,4-5,14,16-18H2,1-3H3,(H,25,28)/t20-/m0/s1. The predicted octanol–water partition coefficient (Wildman–Crippen LogP) is 4.56. The van der Waals surface area contributed by atoms with E-state index in [-0.39, 0.29) is 11.8 Å². The topological polar surface area (TPSA) is 49.4 Å². The minimum Gasteiger partial charge on any atom is -0.354 e. The summed E-state index contributed by atoms with van der Waals surface area (Å²) in [7, 11) is 0. The van der Waals surface area contributed by atoms with Crippen molar-refractivity contribution >= 4 is 23.6 Å². The van der Waals surface area contributed by atoms with E-state index in [1.165, 1.54) is 5.56 Å². The van der Waals surface area contributed by atoms with E-state index in [2.05, 4.69) is 30.4 Å². The number of hydrogen-bond donors (Lipinski definition) is 1.